The fourth-order valence-electron chi connectivity index (χ4n) is 1.25. The van der Waals surface area contributed by atoms with Crippen molar-refractivity contribution in [2.45, 2.75) is 25.4 Å². The van der Waals surface area contributed by atoms with E-state index >= 15 is 0 Å². The Morgan fingerprint density at radius 2 is 2.33 bits per heavy atom. The molecule has 4 heteroatoms. The van der Waals surface area contributed by atoms with Gasteiger partial charge in [0.2, 0.25) is 0 Å². The molecule has 0 aromatic heterocycles. The highest BCUT2D eigenvalue weighted by Gasteiger charge is 2.65. The Morgan fingerprint density at radius 3 is 2.67 bits per heavy atom. The Morgan fingerprint density at radius 1 is 1.67 bits per heavy atom. The van der Waals surface area contributed by atoms with E-state index in [-0.39, 0.29) is 11.5 Å². The van der Waals surface area contributed by atoms with Crippen molar-refractivity contribution in [2.24, 2.45) is 5.41 Å². The van der Waals surface area contributed by atoms with Crippen molar-refractivity contribution in [3.05, 3.63) is 10.1 Å². The third-order valence-electron chi connectivity index (χ3n) is 2.22. The summed E-state index contributed by atoms with van der Waals surface area (Å²) in [4.78, 5) is 14.1. The zero-order chi connectivity index (χ0) is 6.48. The van der Waals surface area contributed by atoms with Crippen LogP contribution in [0.15, 0.2) is 0 Å². The summed E-state index contributed by atoms with van der Waals surface area (Å²) in [5.74, 6) is 0. The molecule has 1 atom stereocenters. The van der Waals surface area contributed by atoms with E-state index in [9.17, 15) is 10.1 Å². The molecule has 50 valence electrons. The van der Waals surface area contributed by atoms with E-state index in [1.165, 1.54) is 0 Å². The van der Waals surface area contributed by atoms with Gasteiger partial charge in [-0.15, -0.1) is 10.1 Å². The molecule has 4 nitrogen and oxygen atoms in total. The van der Waals surface area contributed by atoms with Gasteiger partial charge in [-0.2, -0.15) is 0 Å². The molecule has 2 rings (SSSR count). The highest BCUT2D eigenvalue weighted by Crippen LogP contribution is 2.67. The van der Waals surface area contributed by atoms with E-state index in [1.54, 1.807) is 0 Å². The molecule has 2 saturated carbocycles. The second kappa shape index (κ2) is 1.20. The molecule has 2 fully saturated rings. The van der Waals surface area contributed by atoms with Crippen molar-refractivity contribution < 1.29 is 9.92 Å². The maximum atomic E-state index is 9.75. The van der Waals surface area contributed by atoms with Crippen LogP contribution < -0.4 is 0 Å². The van der Waals surface area contributed by atoms with Crippen molar-refractivity contribution in [1.82, 2.24) is 0 Å². The monoisotopic (exact) mass is 129 g/mol. The standard InChI is InChI=1S/C5H7NO3/c7-6(8)9-4-3-5(4)1-2-5/h4H,1-3H2. The van der Waals surface area contributed by atoms with Gasteiger partial charge in [-0.05, 0) is 24.7 Å². The van der Waals surface area contributed by atoms with Crippen LogP contribution in [0.5, 0.6) is 0 Å². The first-order valence-corrected chi connectivity index (χ1v) is 3.04. The molecule has 1 spiro atoms. The van der Waals surface area contributed by atoms with Gasteiger partial charge in [-0.3, -0.25) is 0 Å². The third kappa shape index (κ3) is 0.658. The van der Waals surface area contributed by atoms with Crippen molar-refractivity contribution in [3.8, 4) is 0 Å². The van der Waals surface area contributed by atoms with Crippen LogP contribution in [0.1, 0.15) is 19.3 Å². The SMILES string of the molecule is O=[N+]([O-])OC1CC12CC2. The van der Waals surface area contributed by atoms with Crippen LogP contribution in [0.3, 0.4) is 0 Å². The van der Waals surface area contributed by atoms with E-state index in [4.69, 9.17) is 0 Å². The van der Waals surface area contributed by atoms with Gasteiger partial charge in [0.25, 0.3) is 5.09 Å². The zero-order valence-electron chi connectivity index (χ0n) is 4.87. The highest BCUT2D eigenvalue weighted by atomic mass is 17.0. The summed E-state index contributed by atoms with van der Waals surface area (Å²) in [5, 5.41) is 9.07. The first-order valence-electron chi connectivity index (χ1n) is 3.04. The lowest BCUT2D eigenvalue weighted by atomic mass is 10.4. The topological polar surface area (TPSA) is 52.4 Å². The van der Waals surface area contributed by atoms with Gasteiger partial charge in [0.15, 0.2) is 0 Å². The molecule has 0 aliphatic heterocycles. The molecular weight excluding hydrogens is 122 g/mol. The summed E-state index contributed by atoms with van der Waals surface area (Å²) in [5.41, 5.74) is 0.285. The summed E-state index contributed by atoms with van der Waals surface area (Å²) in [6.45, 7) is 0. The molecule has 0 N–H and O–H groups in total. The van der Waals surface area contributed by atoms with Crippen LogP contribution in [-0.4, -0.2) is 11.2 Å². The van der Waals surface area contributed by atoms with Crippen LogP contribution in [-0.2, 0) is 4.84 Å². The predicted molar refractivity (Wildman–Crippen MR) is 28.2 cm³/mol. The molecule has 0 aromatic rings. The number of hydrogen-bond acceptors (Lipinski definition) is 3. The first-order chi connectivity index (χ1) is 4.23. The second-order valence-electron chi connectivity index (χ2n) is 2.88. The van der Waals surface area contributed by atoms with Crippen molar-refractivity contribution in [2.75, 3.05) is 0 Å². The van der Waals surface area contributed by atoms with E-state index in [2.05, 4.69) is 4.84 Å². The fraction of sp³-hybridized carbons (Fsp3) is 1.00. The Kier molecular flexibility index (Phi) is 0.668. The average Bonchev–Trinajstić information content (AvgIpc) is 2.54. The highest BCUT2D eigenvalue weighted by molar-refractivity contribution is 5.13. The molecule has 2 aliphatic rings. The Bertz CT molecular complexity index is 164. The average molecular weight is 129 g/mol. The lowest BCUT2D eigenvalue weighted by molar-refractivity contribution is -0.763. The third-order valence-corrected chi connectivity index (χ3v) is 2.22. The van der Waals surface area contributed by atoms with Crippen LogP contribution in [0.4, 0.5) is 0 Å². The summed E-state index contributed by atoms with van der Waals surface area (Å²) in [7, 11) is 0. The molecule has 0 saturated heterocycles. The quantitative estimate of drug-likeness (QED) is 0.408. The fourth-order valence-corrected chi connectivity index (χ4v) is 1.25. The first kappa shape index (κ1) is 5.02. The lowest BCUT2D eigenvalue weighted by Gasteiger charge is -1.90. The van der Waals surface area contributed by atoms with Crippen LogP contribution in [0, 0.1) is 15.5 Å². The van der Waals surface area contributed by atoms with Crippen molar-refractivity contribution in [1.29, 1.82) is 0 Å². The maximum absolute atomic E-state index is 9.75. The Balaban J connectivity index is 1.84. The second-order valence-corrected chi connectivity index (χ2v) is 2.88. The minimum Gasteiger partial charge on any atom is -0.310 e. The van der Waals surface area contributed by atoms with Crippen LogP contribution in [0.2, 0.25) is 0 Å². The molecule has 2 aliphatic carbocycles. The molecular formula is C5H7NO3. The summed E-state index contributed by atoms with van der Waals surface area (Å²) in [6.07, 6.45) is 3.12. The number of rotatable bonds is 2. The van der Waals surface area contributed by atoms with Crippen molar-refractivity contribution >= 4 is 0 Å². The minimum atomic E-state index is -0.683. The maximum Gasteiger partial charge on any atom is 0.294 e. The number of nitrogens with zero attached hydrogens (tertiary/aromatic N) is 1. The molecule has 0 amide bonds. The van der Waals surface area contributed by atoms with E-state index in [1.807, 2.05) is 0 Å². The molecule has 0 bridgehead atoms. The molecule has 9 heavy (non-hydrogen) atoms. The van der Waals surface area contributed by atoms with E-state index in [0.29, 0.717) is 0 Å². The Labute approximate surface area is 51.9 Å². The van der Waals surface area contributed by atoms with Crippen molar-refractivity contribution in [3.63, 3.8) is 0 Å². The molecule has 0 radical (unpaired) electrons. The van der Waals surface area contributed by atoms with E-state index in [0.717, 1.165) is 19.3 Å². The van der Waals surface area contributed by atoms with Gasteiger partial charge in [-0.1, -0.05) is 0 Å². The molecule has 0 heterocycles. The van der Waals surface area contributed by atoms with Crippen LogP contribution in [0.25, 0.3) is 0 Å². The largest absolute Gasteiger partial charge is 0.310 e. The summed E-state index contributed by atoms with van der Waals surface area (Å²) in [6, 6.07) is 0. The lowest BCUT2D eigenvalue weighted by Crippen LogP contribution is -2.04. The van der Waals surface area contributed by atoms with Crippen LogP contribution >= 0.6 is 0 Å². The smallest absolute Gasteiger partial charge is 0.294 e. The van der Waals surface area contributed by atoms with Gasteiger partial charge >= 0.3 is 0 Å². The minimum absolute atomic E-state index is 0.0486. The van der Waals surface area contributed by atoms with Gasteiger partial charge in [0, 0.05) is 0 Å². The summed E-state index contributed by atoms with van der Waals surface area (Å²) >= 11 is 0. The predicted octanol–water partition coefficient (Wildman–Crippen LogP) is 0.747. The van der Waals surface area contributed by atoms with Gasteiger partial charge in [0.1, 0.15) is 6.10 Å². The Hall–Kier alpha value is -0.800. The van der Waals surface area contributed by atoms with Gasteiger partial charge in [-0.25, -0.2) is 0 Å². The zero-order valence-corrected chi connectivity index (χ0v) is 4.87. The molecule has 1 unspecified atom stereocenters. The number of hydrogen-bond donors (Lipinski definition) is 0. The normalized spacial score (nSPS) is 34.0. The van der Waals surface area contributed by atoms with Gasteiger partial charge < -0.3 is 4.84 Å². The summed E-state index contributed by atoms with van der Waals surface area (Å²) < 4.78 is 0. The molecule has 0 aromatic carbocycles. The van der Waals surface area contributed by atoms with E-state index < -0.39 is 5.09 Å². The van der Waals surface area contributed by atoms with Gasteiger partial charge in [0.05, 0.1) is 0 Å².